The Morgan fingerprint density at radius 2 is 1.96 bits per heavy atom. The van der Waals surface area contributed by atoms with Crippen molar-refractivity contribution < 1.29 is 9.47 Å². The number of fused-ring (bicyclic) bond motifs is 1. The molecule has 0 amide bonds. The van der Waals surface area contributed by atoms with Gasteiger partial charge in [0.2, 0.25) is 6.79 Å². The molecule has 0 radical (unpaired) electrons. The first-order chi connectivity index (χ1) is 11.3. The molecule has 6 nitrogen and oxygen atoms in total. The summed E-state index contributed by atoms with van der Waals surface area (Å²) < 4.78 is 10.8. The monoisotopic (exact) mass is 314 g/mol. The first-order valence-electron chi connectivity index (χ1n) is 7.84. The summed E-state index contributed by atoms with van der Waals surface area (Å²) in [6.45, 7) is 6.45. The number of allylic oxidation sites excluding steroid dienone is 1. The highest BCUT2D eigenvalue weighted by Gasteiger charge is 2.23. The van der Waals surface area contributed by atoms with Gasteiger partial charge in [-0.2, -0.15) is 0 Å². The molecular weight excluding hydrogens is 292 g/mol. The third-order valence-corrected chi connectivity index (χ3v) is 4.27. The van der Waals surface area contributed by atoms with Gasteiger partial charge in [0.05, 0.1) is 6.34 Å². The van der Waals surface area contributed by atoms with Crippen LogP contribution in [0.25, 0.3) is 0 Å². The van der Waals surface area contributed by atoms with Crippen molar-refractivity contribution in [1.29, 1.82) is 5.41 Å². The molecule has 1 saturated heterocycles. The normalized spacial score (nSPS) is 19.6. The molecule has 6 heteroatoms. The van der Waals surface area contributed by atoms with Crippen molar-refractivity contribution in [3.63, 3.8) is 0 Å². The standard InChI is InChI=1S/C17H22N4O2/c1-14(15-3-4-16-17(11-15)23-13-22-16)21-9-7-20(8-10-21)12-19-6-2-5-18/h2-6,11-12,14,18H,7-10,13H2,1H3/b6-2-,18-5?,19-12?. The van der Waals surface area contributed by atoms with E-state index in [9.17, 15) is 0 Å². The van der Waals surface area contributed by atoms with Crippen LogP contribution in [0.4, 0.5) is 0 Å². The van der Waals surface area contributed by atoms with Crippen LogP contribution in [-0.2, 0) is 0 Å². The number of rotatable bonds is 5. The van der Waals surface area contributed by atoms with Crippen molar-refractivity contribution in [2.45, 2.75) is 13.0 Å². The lowest BCUT2D eigenvalue weighted by Crippen LogP contribution is -2.46. The zero-order valence-corrected chi connectivity index (χ0v) is 13.3. The van der Waals surface area contributed by atoms with Crippen molar-refractivity contribution in [3.05, 3.63) is 36.0 Å². The van der Waals surface area contributed by atoms with Crippen LogP contribution in [0.1, 0.15) is 18.5 Å². The predicted molar refractivity (Wildman–Crippen MR) is 90.5 cm³/mol. The molecule has 1 atom stereocenters. The Morgan fingerprint density at radius 3 is 2.74 bits per heavy atom. The number of hydrogen-bond acceptors (Lipinski definition) is 5. The fraction of sp³-hybridized carbons (Fsp3) is 0.412. The van der Waals surface area contributed by atoms with E-state index in [4.69, 9.17) is 14.9 Å². The van der Waals surface area contributed by atoms with Gasteiger partial charge in [0.15, 0.2) is 11.5 Å². The van der Waals surface area contributed by atoms with E-state index in [0.717, 1.165) is 37.7 Å². The summed E-state index contributed by atoms with van der Waals surface area (Å²) in [5.74, 6) is 1.68. The van der Waals surface area contributed by atoms with Gasteiger partial charge in [-0.25, -0.2) is 4.99 Å². The van der Waals surface area contributed by atoms with E-state index in [1.54, 1.807) is 12.3 Å². The molecule has 2 aliphatic heterocycles. The maximum atomic E-state index is 6.90. The summed E-state index contributed by atoms with van der Waals surface area (Å²) in [7, 11) is 0. The Labute approximate surface area is 136 Å². The minimum atomic E-state index is 0.317. The minimum absolute atomic E-state index is 0.317. The topological polar surface area (TPSA) is 61.2 Å². The van der Waals surface area contributed by atoms with Crippen LogP contribution in [0.2, 0.25) is 0 Å². The molecule has 0 spiro atoms. The lowest BCUT2D eigenvalue weighted by molar-refractivity contribution is 0.143. The average molecular weight is 314 g/mol. The van der Waals surface area contributed by atoms with Crippen LogP contribution < -0.4 is 9.47 Å². The van der Waals surface area contributed by atoms with Crippen LogP contribution in [-0.4, -0.2) is 55.3 Å². The molecule has 0 saturated carbocycles. The van der Waals surface area contributed by atoms with E-state index in [2.05, 4.69) is 33.8 Å². The van der Waals surface area contributed by atoms with Gasteiger partial charge in [-0.05, 0) is 30.7 Å². The largest absolute Gasteiger partial charge is 0.454 e. The Bertz CT molecular complexity index is 607. The molecule has 1 fully saturated rings. The first kappa shape index (κ1) is 15.6. The molecule has 0 aromatic heterocycles. The van der Waals surface area contributed by atoms with Crippen molar-refractivity contribution in [2.75, 3.05) is 33.0 Å². The zero-order valence-electron chi connectivity index (χ0n) is 13.3. The van der Waals surface area contributed by atoms with E-state index in [0.29, 0.717) is 12.8 Å². The van der Waals surface area contributed by atoms with Gasteiger partial charge in [0.1, 0.15) is 0 Å². The second-order valence-corrected chi connectivity index (χ2v) is 5.63. The fourth-order valence-electron chi connectivity index (χ4n) is 2.85. The molecule has 0 aliphatic carbocycles. The summed E-state index contributed by atoms with van der Waals surface area (Å²) in [5.41, 5.74) is 1.25. The second kappa shape index (κ2) is 7.28. The highest BCUT2D eigenvalue weighted by molar-refractivity contribution is 5.68. The lowest BCUT2D eigenvalue weighted by atomic mass is 10.1. The van der Waals surface area contributed by atoms with Crippen molar-refractivity contribution >= 4 is 12.6 Å². The first-order valence-corrected chi connectivity index (χ1v) is 7.84. The maximum Gasteiger partial charge on any atom is 0.231 e. The SMILES string of the molecule is CC(c1ccc2c(c1)OCO2)N1CCN(C=N/C=C\C=N)CC1. The van der Waals surface area contributed by atoms with Gasteiger partial charge < -0.3 is 19.8 Å². The van der Waals surface area contributed by atoms with Gasteiger partial charge in [0.25, 0.3) is 0 Å². The van der Waals surface area contributed by atoms with Gasteiger partial charge in [-0.15, -0.1) is 0 Å². The summed E-state index contributed by atoms with van der Waals surface area (Å²) in [6.07, 6.45) is 6.31. The molecule has 23 heavy (non-hydrogen) atoms. The Hall–Kier alpha value is -2.34. The molecule has 122 valence electrons. The molecule has 2 aliphatic rings. The van der Waals surface area contributed by atoms with E-state index in [1.807, 2.05) is 12.4 Å². The van der Waals surface area contributed by atoms with Crippen molar-refractivity contribution in [1.82, 2.24) is 9.80 Å². The van der Waals surface area contributed by atoms with Crippen molar-refractivity contribution in [2.24, 2.45) is 4.99 Å². The second-order valence-electron chi connectivity index (χ2n) is 5.63. The highest BCUT2D eigenvalue weighted by atomic mass is 16.7. The minimum Gasteiger partial charge on any atom is -0.454 e. The maximum absolute atomic E-state index is 6.90. The van der Waals surface area contributed by atoms with E-state index in [1.165, 1.54) is 11.8 Å². The van der Waals surface area contributed by atoms with E-state index >= 15 is 0 Å². The number of hydrogen-bond donors (Lipinski definition) is 1. The third kappa shape index (κ3) is 3.71. The summed E-state index contributed by atoms with van der Waals surface area (Å²) >= 11 is 0. The zero-order chi connectivity index (χ0) is 16.1. The van der Waals surface area contributed by atoms with Gasteiger partial charge in [0, 0.05) is 44.6 Å². The highest BCUT2D eigenvalue weighted by Crippen LogP contribution is 2.35. The van der Waals surface area contributed by atoms with Gasteiger partial charge in [-0.3, -0.25) is 4.90 Å². The average Bonchev–Trinajstić information content (AvgIpc) is 3.06. The van der Waals surface area contributed by atoms with E-state index in [-0.39, 0.29) is 0 Å². The Morgan fingerprint density at radius 1 is 1.17 bits per heavy atom. The number of ether oxygens (including phenoxy) is 2. The van der Waals surface area contributed by atoms with Crippen LogP contribution in [0.3, 0.4) is 0 Å². The molecule has 0 bridgehead atoms. The summed E-state index contributed by atoms with van der Waals surface area (Å²) in [6, 6.07) is 6.55. The predicted octanol–water partition coefficient (Wildman–Crippen LogP) is 2.29. The van der Waals surface area contributed by atoms with Crippen LogP contribution in [0.15, 0.2) is 35.5 Å². The molecule has 1 N–H and O–H groups in total. The number of nitrogens with zero attached hydrogens (tertiary/aromatic N) is 3. The number of aliphatic imine (C=N–C) groups is 1. The lowest BCUT2D eigenvalue weighted by Gasteiger charge is -2.37. The molecule has 2 heterocycles. The van der Waals surface area contributed by atoms with Crippen LogP contribution in [0, 0.1) is 5.41 Å². The number of piperazine rings is 1. The molecular formula is C17H22N4O2. The van der Waals surface area contributed by atoms with Crippen LogP contribution in [0.5, 0.6) is 11.5 Å². The molecule has 3 rings (SSSR count). The quantitative estimate of drug-likeness (QED) is 0.669. The third-order valence-electron chi connectivity index (χ3n) is 4.27. The number of benzene rings is 1. The smallest absolute Gasteiger partial charge is 0.231 e. The van der Waals surface area contributed by atoms with E-state index < -0.39 is 0 Å². The molecule has 1 aromatic rings. The summed E-state index contributed by atoms with van der Waals surface area (Å²) in [4.78, 5) is 8.85. The summed E-state index contributed by atoms with van der Waals surface area (Å²) in [5, 5.41) is 6.90. The molecule has 1 aromatic carbocycles. The van der Waals surface area contributed by atoms with Crippen LogP contribution >= 0.6 is 0 Å². The molecule has 1 unspecified atom stereocenters. The fourth-order valence-corrected chi connectivity index (χ4v) is 2.85. The van der Waals surface area contributed by atoms with Gasteiger partial charge >= 0.3 is 0 Å². The van der Waals surface area contributed by atoms with Gasteiger partial charge in [-0.1, -0.05) is 6.07 Å². The van der Waals surface area contributed by atoms with Crippen molar-refractivity contribution in [3.8, 4) is 11.5 Å². The Balaban J connectivity index is 1.56. The number of nitrogens with one attached hydrogen (secondary N) is 1. The Kier molecular flexibility index (Phi) is 4.92.